The van der Waals surface area contributed by atoms with Crippen LogP contribution in [0.2, 0.25) is 0 Å². The van der Waals surface area contributed by atoms with Crippen LogP contribution in [0.1, 0.15) is 67.6 Å². The Hall–Kier alpha value is -3.21. The zero-order valence-corrected chi connectivity index (χ0v) is 17.6. The predicted octanol–water partition coefficient (Wildman–Crippen LogP) is 5.75. The predicted molar refractivity (Wildman–Crippen MR) is 116 cm³/mol. The lowest BCUT2D eigenvalue weighted by atomic mass is 9.92. The van der Waals surface area contributed by atoms with Crippen LogP contribution in [-0.4, -0.2) is 21.1 Å². The van der Waals surface area contributed by atoms with Gasteiger partial charge in [0.05, 0.1) is 6.42 Å². The van der Waals surface area contributed by atoms with E-state index in [2.05, 4.69) is 19.9 Å². The second-order valence-electron chi connectivity index (χ2n) is 8.00. The molecule has 0 spiro atoms. The number of benzene rings is 2. The first-order chi connectivity index (χ1) is 14.3. The maximum absolute atomic E-state index is 12.8. The van der Waals surface area contributed by atoms with Crippen LogP contribution in [0.4, 0.5) is 0 Å². The number of phenolic OH excluding ortho intramolecular Hbond substituents is 3. The quantitative estimate of drug-likeness (QED) is 0.530. The Balaban J connectivity index is 1.82. The van der Waals surface area contributed by atoms with E-state index in [0.717, 1.165) is 24.0 Å². The first-order valence-electron chi connectivity index (χ1n) is 10.1. The highest BCUT2D eigenvalue weighted by Gasteiger charge is 2.32. The van der Waals surface area contributed by atoms with E-state index in [4.69, 9.17) is 4.74 Å². The smallest absolute Gasteiger partial charge is 0.174 e. The van der Waals surface area contributed by atoms with Crippen LogP contribution in [0.3, 0.4) is 0 Å². The van der Waals surface area contributed by atoms with Crippen LogP contribution < -0.4 is 4.74 Å². The molecule has 0 aromatic heterocycles. The molecule has 0 saturated carbocycles. The van der Waals surface area contributed by atoms with Crippen molar-refractivity contribution in [2.75, 3.05) is 0 Å². The number of ketones is 1. The van der Waals surface area contributed by atoms with Crippen molar-refractivity contribution in [1.29, 1.82) is 0 Å². The molecule has 5 nitrogen and oxygen atoms in total. The molecule has 0 aliphatic carbocycles. The Kier molecular flexibility index (Phi) is 6.50. The van der Waals surface area contributed by atoms with Crippen LogP contribution in [0.15, 0.2) is 53.6 Å². The van der Waals surface area contributed by atoms with Crippen molar-refractivity contribution in [1.82, 2.24) is 0 Å². The fourth-order valence-electron chi connectivity index (χ4n) is 3.54. The molecule has 3 N–H and O–H groups in total. The number of Topliss-reactive ketones (excluding diaryl/α,β-unsaturated/α-hetero) is 1. The molecule has 0 bridgehead atoms. The molecule has 0 radical (unpaired) electrons. The summed E-state index contributed by atoms with van der Waals surface area (Å²) < 4.78 is 5.90. The standard InChI is InChI=1S/C25H28O5/c1-15(2)5-4-6-16(3)7-12-19-20(27)13-23-24(25(19)29)21(28)14-22(30-23)17-8-10-18(26)11-9-17/h5,7-11,13,22,26-27,29H,4,6,12,14H2,1-3H3/b16-7+/t22-/m1/s1. The summed E-state index contributed by atoms with van der Waals surface area (Å²) >= 11 is 0. The molecule has 1 heterocycles. The lowest BCUT2D eigenvalue weighted by Gasteiger charge is -2.27. The van der Waals surface area contributed by atoms with E-state index in [-0.39, 0.29) is 40.8 Å². The largest absolute Gasteiger partial charge is 0.508 e. The highest BCUT2D eigenvalue weighted by Crippen LogP contribution is 2.44. The minimum Gasteiger partial charge on any atom is -0.508 e. The van der Waals surface area contributed by atoms with Gasteiger partial charge in [-0.1, -0.05) is 35.4 Å². The van der Waals surface area contributed by atoms with Gasteiger partial charge < -0.3 is 20.1 Å². The van der Waals surface area contributed by atoms with Crippen LogP contribution >= 0.6 is 0 Å². The van der Waals surface area contributed by atoms with Gasteiger partial charge in [-0.3, -0.25) is 4.79 Å². The molecule has 5 heteroatoms. The average molecular weight is 408 g/mol. The molecule has 30 heavy (non-hydrogen) atoms. The van der Waals surface area contributed by atoms with E-state index in [9.17, 15) is 20.1 Å². The third-order valence-corrected chi connectivity index (χ3v) is 5.28. The second kappa shape index (κ2) is 9.08. The number of ether oxygens (including phenoxy) is 1. The molecule has 1 aliphatic rings. The van der Waals surface area contributed by atoms with Gasteiger partial charge in [0.2, 0.25) is 0 Å². The number of hydrogen-bond donors (Lipinski definition) is 3. The number of rotatable bonds is 6. The van der Waals surface area contributed by atoms with Gasteiger partial charge in [-0.05, 0) is 57.7 Å². The topological polar surface area (TPSA) is 87.0 Å². The maximum Gasteiger partial charge on any atom is 0.174 e. The van der Waals surface area contributed by atoms with Gasteiger partial charge in [0, 0.05) is 11.6 Å². The summed E-state index contributed by atoms with van der Waals surface area (Å²) in [7, 11) is 0. The number of fused-ring (bicyclic) bond motifs is 1. The van der Waals surface area contributed by atoms with Crippen LogP contribution in [-0.2, 0) is 6.42 Å². The van der Waals surface area contributed by atoms with Crippen molar-refractivity contribution in [3.8, 4) is 23.0 Å². The van der Waals surface area contributed by atoms with E-state index in [1.54, 1.807) is 12.1 Å². The van der Waals surface area contributed by atoms with E-state index >= 15 is 0 Å². The molecule has 0 saturated heterocycles. The van der Waals surface area contributed by atoms with E-state index in [1.165, 1.54) is 23.8 Å². The summed E-state index contributed by atoms with van der Waals surface area (Å²) in [6, 6.07) is 7.84. The molecule has 1 aliphatic heterocycles. The number of hydrogen-bond acceptors (Lipinski definition) is 5. The monoisotopic (exact) mass is 408 g/mol. The molecule has 3 rings (SSSR count). The van der Waals surface area contributed by atoms with Gasteiger partial charge >= 0.3 is 0 Å². The van der Waals surface area contributed by atoms with Crippen molar-refractivity contribution in [3.63, 3.8) is 0 Å². The Bertz CT molecular complexity index is 995. The molecule has 0 fully saturated rings. The van der Waals surface area contributed by atoms with E-state index in [1.807, 2.05) is 13.0 Å². The molecule has 2 aromatic carbocycles. The first-order valence-corrected chi connectivity index (χ1v) is 10.1. The van der Waals surface area contributed by atoms with Gasteiger partial charge in [0.25, 0.3) is 0 Å². The van der Waals surface area contributed by atoms with Gasteiger partial charge in [-0.2, -0.15) is 0 Å². The van der Waals surface area contributed by atoms with Gasteiger partial charge in [0.1, 0.15) is 34.7 Å². The molecule has 0 unspecified atom stereocenters. The van der Waals surface area contributed by atoms with Crippen LogP contribution in [0.5, 0.6) is 23.0 Å². The summed E-state index contributed by atoms with van der Waals surface area (Å²) in [4.78, 5) is 12.8. The van der Waals surface area contributed by atoms with Crippen molar-refractivity contribution in [2.45, 2.75) is 52.6 Å². The van der Waals surface area contributed by atoms with E-state index < -0.39 is 6.10 Å². The minimum atomic E-state index is -0.535. The van der Waals surface area contributed by atoms with Crippen molar-refractivity contribution >= 4 is 5.78 Å². The molecule has 1 atom stereocenters. The van der Waals surface area contributed by atoms with Crippen molar-refractivity contribution < 1.29 is 24.9 Å². The zero-order chi connectivity index (χ0) is 21.8. The summed E-state index contributed by atoms with van der Waals surface area (Å²) in [5, 5.41) is 30.6. The third-order valence-electron chi connectivity index (χ3n) is 5.28. The fourth-order valence-corrected chi connectivity index (χ4v) is 3.54. The summed E-state index contributed by atoms with van der Waals surface area (Å²) in [6.45, 7) is 6.14. The molecule has 158 valence electrons. The number of phenols is 3. The first kappa shape index (κ1) is 21.5. The Morgan fingerprint density at radius 1 is 1.10 bits per heavy atom. The number of carbonyl (C=O) groups is 1. The molecule has 2 aromatic rings. The van der Waals surface area contributed by atoms with Crippen LogP contribution in [0, 0.1) is 0 Å². The van der Waals surface area contributed by atoms with Gasteiger partial charge in [0.15, 0.2) is 5.78 Å². The minimum absolute atomic E-state index is 0.0765. The number of carbonyl (C=O) groups excluding carboxylic acids is 1. The zero-order valence-electron chi connectivity index (χ0n) is 17.6. The Morgan fingerprint density at radius 2 is 1.80 bits per heavy atom. The lowest BCUT2D eigenvalue weighted by Crippen LogP contribution is -2.20. The lowest BCUT2D eigenvalue weighted by molar-refractivity contribution is 0.0844. The molecular formula is C25H28O5. The van der Waals surface area contributed by atoms with Gasteiger partial charge in [-0.25, -0.2) is 0 Å². The summed E-state index contributed by atoms with van der Waals surface area (Å²) in [5.74, 6) is -0.249. The fraction of sp³-hybridized carbons (Fsp3) is 0.320. The average Bonchev–Trinajstić information content (AvgIpc) is 2.67. The molecule has 0 amide bonds. The number of aromatic hydroxyl groups is 3. The molecular weight excluding hydrogens is 380 g/mol. The number of allylic oxidation sites excluding steroid dienone is 4. The highest BCUT2D eigenvalue weighted by molar-refractivity contribution is 6.03. The van der Waals surface area contributed by atoms with Crippen molar-refractivity contribution in [3.05, 3.63) is 70.3 Å². The second-order valence-corrected chi connectivity index (χ2v) is 8.00. The maximum atomic E-state index is 12.8. The summed E-state index contributed by atoms with van der Waals surface area (Å²) in [5.41, 5.74) is 3.62. The van der Waals surface area contributed by atoms with E-state index in [0.29, 0.717) is 12.0 Å². The third kappa shape index (κ3) is 4.85. The SMILES string of the molecule is CC(C)=CCC/C(C)=C/Cc1c(O)cc2c(c1O)C(=O)C[C@H](c1ccc(O)cc1)O2. The van der Waals surface area contributed by atoms with Gasteiger partial charge in [-0.15, -0.1) is 0 Å². The summed E-state index contributed by atoms with van der Waals surface area (Å²) in [6.07, 6.45) is 5.85. The van der Waals surface area contributed by atoms with Crippen LogP contribution in [0.25, 0.3) is 0 Å². The highest BCUT2D eigenvalue weighted by atomic mass is 16.5. The normalized spacial score (nSPS) is 16.0. The van der Waals surface area contributed by atoms with Crippen molar-refractivity contribution in [2.24, 2.45) is 0 Å². The Labute approximate surface area is 177 Å². The Morgan fingerprint density at radius 3 is 2.47 bits per heavy atom.